The van der Waals surface area contributed by atoms with Gasteiger partial charge in [0.2, 0.25) is 0 Å². The minimum atomic E-state index is -0.666. The van der Waals surface area contributed by atoms with Gasteiger partial charge in [-0.2, -0.15) is 0 Å². The predicted octanol–water partition coefficient (Wildman–Crippen LogP) is 3.79. The van der Waals surface area contributed by atoms with Crippen LogP contribution in [0, 0.1) is 0 Å². The first-order chi connectivity index (χ1) is 12.3. The number of carbonyl (C=O) groups is 2. The maximum atomic E-state index is 12.1. The Balaban J connectivity index is 2.28. The van der Waals surface area contributed by atoms with Crippen LogP contribution in [0.15, 0.2) is 42.6 Å². The largest absolute Gasteiger partial charge is 0.484 e. The van der Waals surface area contributed by atoms with Gasteiger partial charge in [-0.05, 0) is 32.4 Å². The summed E-state index contributed by atoms with van der Waals surface area (Å²) in [7, 11) is 1.25. The van der Waals surface area contributed by atoms with Crippen LogP contribution in [-0.4, -0.2) is 29.8 Å². The molecule has 26 heavy (non-hydrogen) atoms. The lowest BCUT2D eigenvalue weighted by Gasteiger charge is -2.21. The van der Waals surface area contributed by atoms with E-state index in [-0.39, 0.29) is 23.7 Å². The molecule has 0 fully saturated rings. The number of nitrogens with one attached hydrogen (secondary N) is 1. The van der Waals surface area contributed by atoms with Crippen LogP contribution >= 0.6 is 0 Å². The fourth-order valence-corrected chi connectivity index (χ4v) is 2.08. The van der Waals surface area contributed by atoms with Gasteiger partial charge in [0.1, 0.15) is 12.2 Å². The van der Waals surface area contributed by atoms with Gasteiger partial charge in [0, 0.05) is 6.20 Å². The molecule has 1 amide bonds. The molecule has 138 valence electrons. The Morgan fingerprint density at radius 2 is 1.81 bits per heavy atom. The van der Waals surface area contributed by atoms with Crippen molar-refractivity contribution in [1.29, 1.82) is 0 Å². The van der Waals surface area contributed by atoms with Gasteiger partial charge in [-0.15, -0.1) is 0 Å². The van der Waals surface area contributed by atoms with E-state index in [0.717, 1.165) is 5.56 Å². The van der Waals surface area contributed by atoms with E-state index in [4.69, 9.17) is 14.2 Å². The summed E-state index contributed by atoms with van der Waals surface area (Å²) in [6.45, 7) is 5.46. The second-order valence-electron chi connectivity index (χ2n) is 6.43. The number of anilines is 1. The molecule has 0 unspecified atom stereocenters. The fraction of sp³-hybridized carbons (Fsp3) is 0.316. The molecule has 1 aromatic carbocycles. The number of rotatable bonds is 5. The normalized spacial score (nSPS) is 10.8. The molecule has 1 N–H and O–H groups in total. The average molecular weight is 358 g/mol. The molecule has 7 nitrogen and oxygen atoms in total. The zero-order valence-corrected chi connectivity index (χ0v) is 15.2. The molecule has 0 saturated carbocycles. The summed E-state index contributed by atoms with van der Waals surface area (Å²) >= 11 is 0. The lowest BCUT2D eigenvalue weighted by Crippen LogP contribution is -2.27. The van der Waals surface area contributed by atoms with Crippen LogP contribution in [0.25, 0.3) is 0 Å². The minimum Gasteiger partial charge on any atom is -0.484 e. The van der Waals surface area contributed by atoms with Crippen LogP contribution in [0.2, 0.25) is 0 Å². The van der Waals surface area contributed by atoms with Crippen molar-refractivity contribution >= 4 is 17.7 Å². The van der Waals surface area contributed by atoms with Gasteiger partial charge in [-0.1, -0.05) is 30.3 Å². The molecule has 0 aliphatic heterocycles. The number of hydrogen-bond acceptors (Lipinski definition) is 6. The molecule has 2 rings (SSSR count). The zero-order chi connectivity index (χ0) is 19.2. The summed E-state index contributed by atoms with van der Waals surface area (Å²) in [4.78, 5) is 28.1. The summed E-state index contributed by atoms with van der Waals surface area (Å²) in [5.41, 5.74) is 0.478. The topological polar surface area (TPSA) is 86.8 Å². The first-order valence-corrected chi connectivity index (χ1v) is 8.04. The van der Waals surface area contributed by atoms with E-state index in [1.54, 1.807) is 20.8 Å². The molecular weight excluding hydrogens is 336 g/mol. The van der Waals surface area contributed by atoms with Crippen molar-refractivity contribution in [1.82, 2.24) is 4.98 Å². The molecule has 0 bridgehead atoms. The molecule has 2 aromatic rings. The van der Waals surface area contributed by atoms with E-state index in [0.29, 0.717) is 0 Å². The number of pyridine rings is 1. The van der Waals surface area contributed by atoms with Crippen molar-refractivity contribution in [3.63, 3.8) is 0 Å². The number of methoxy groups -OCH3 is 1. The molecule has 1 aromatic heterocycles. The number of nitrogens with zero attached hydrogens (tertiary/aromatic N) is 1. The highest BCUT2D eigenvalue weighted by atomic mass is 16.6. The SMILES string of the molecule is COC(=O)c1nccc(NC(=O)OC(C)(C)C)c1OCc1ccccc1. The standard InChI is InChI=1S/C19H22N2O5/c1-19(2,3)26-18(23)21-14-10-11-20-15(17(22)24-4)16(14)25-12-13-8-6-5-7-9-13/h5-11H,12H2,1-4H3,(H,20,21,23). The van der Waals surface area contributed by atoms with Crippen molar-refractivity contribution in [2.45, 2.75) is 33.0 Å². The van der Waals surface area contributed by atoms with E-state index >= 15 is 0 Å². The highest BCUT2D eigenvalue weighted by Gasteiger charge is 2.22. The van der Waals surface area contributed by atoms with E-state index in [1.165, 1.54) is 19.4 Å². The lowest BCUT2D eigenvalue weighted by atomic mass is 10.2. The Morgan fingerprint density at radius 1 is 1.12 bits per heavy atom. The van der Waals surface area contributed by atoms with Crippen molar-refractivity contribution in [3.05, 3.63) is 53.9 Å². The molecule has 7 heteroatoms. The monoisotopic (exact) mass is 358 g/mol. The number of carbonyl (C=O) groups excluding carboxylic acids is 2. The van der Waals surface area contributed by atoms with Gasteiger partial charge < -0.3 is 14.2 Å². The first-order valence-electron chi connectivity index (χ1n) is 8.04. The molecular formula is C19H22N2O5. The zero-order valence-electron chi connectivity index (χ0n) is 15.2. The van der Waals surface area contributed by atoms with Crippen LogP contribution in [0.5, 0.6) is 5.75 Å². The quantitative estimate of drug-likeness (QED) is 0.818. The molecule has 0 radical (unpaired) electrons. The maximum Gasteiger partial charge on any atom is 0.412 e. The fourth-order valence-electron chi connectivity index (χ4n) is 2.08. The van der Waals surface area contributed by atoms with Gasteiger partial charge in [0.05, 0.1) is 12.8 Å². The Bertz CT molecular complexity index is 769. The lowest BCUT2D eigenvalue weighted by molar-refractivity contribution is 0.0583. The number of ether oxygens (including phenoxy) is 3. The summed E-state index contributed by atoms with van der Waals surface area (Å²) in [6, 6.07) is 10.9. The predicted molar refractivity (Wildman–Crippen MR) is 96.2 cm³/mol. The summed E-state index contributed by atoms with van der Waals surface area (Å²) in [6.07, 6.45) is 0.720. The summed E-state index contributed by atoms with van der Waals surface area (Å²) in [5, 5.41) is 2.59. The van der Waals surface area contributed by atoms with Crippen LogP contribution < -0.4 is 10.1 Å². The van der Waals surface area contributed by atoms with Gasteiger partial charge in [-0.3, -0.25) is 5.32 Å². The highest BCUT2D eigenvalue weighted by Crippen LogP contribution is 2.29. The maximum absolute atomic E-state index is 12.1. The second-order valence-corrected chi connectivity index (χ2v) is 6.43. The molecule has 0 aliphatic carbocycles. The van der Waals surface area contributed by atoms with Gasteiger partial charge >= 0.3 is 12.1 Å². The van der Waals surface area contributed by atoms with Gasteiger partial charge in [0.15, 0.2) is 11.4 Å². The molecule has 1 heterocycles. The Hall–Kier alpha value is -3.09. The van der Waals surface area contributed by atoms with Gasteiger partial charge in [-0.25, -0.2) is 14.6 Å². The van der Waals surface area contributed by atoms with Crippen molar-refractivity contribution < 1.29 is 23.8 Å². The van der Waals surface area contributed by atoms with E-state index < -0.39 is 17.7 Å². The molecule has 0 aliphatic rings. The van der Waals surface area contributed by atoms with E-state index in [2.05, 4.69) is 10.3 Å². The van der Waals surface area contributed by atoms with Crippen molar-refractivity contribution in [2.24, 2.45) is 0 Å². The van der Waals surface area contributed by atoms with E-state index in [9.17, 15) is 9.59 Å². The minimum absolute atomic E-state index is 0.0306. The highest BCUT2D eigenvalue weighted by molar-refractivity contribution is 5.95. The average Bonchev–Trinajstić information content (AvgIpc) is 2.59. The third-order valence-corrected chi connectivity index (χ3v) is 3.14. The Kier molecular flexibility index (Phi) is 6.16. The van der Waals surface area contributed by atoms with Crippen LogP contribution in [-0.2, 0) is 16.1 Å². The Labute approximate surface area is 152 Å². The molecule has 0 spiro atoms. The summed E-state index contributed by atoms with van der Waals surface area (Å²) in [5.74, 6) is -0.546. The molecule has 0 atom stereocenters. The first kappa shape index (κ1) is 19.2. The number of aromatic nitrogens is 1. The van der Waals surface area contributed by atoms with E-state index in [1.807, 2.05) is 30.3 Å². The number of esters is 1. The number of benzene rings is 1. The van der Waals surface area contributed by atoms with Crippen LogP contribution in [0.4, 0.5) is 10.5 Å². The second kappa shape index (κ2) is 8.33. The van der Waals surface area contributed by atoms with Crippen LogP contribution in [0.1, 0.15) is 36.8 Å². The number of amides is 1. The van der Waals surface area contributed by atoms with Crippen LogP contribution in [0.3, 0.4) is 0 Å². The van der Waals surface area contributed by atoms with Crippen molar-refractivity contribution in [3.8, 4) is 5.75 Å². The van der Waals surface area contributed by atoms with Gasteiger partial charge in [0.25, 0.3) is 0 Å². The van der Waals surface area contributed by atoms with Crippen molar-refractivity contribution in [2.75, 3.05) is 12.4 Å². The smallest absolute Gasteiger partial charge is 0.412 e. The summed E-state index contributed by atoms with van der Waals surface area (Å²) < 4.78 is 15.8. The molecule has 0 saturated heterocycles. The third kappa shape index (κ3) is 5.47. The number of hydrogen-bond donors (Lipinski definition) is 1. The third-order valence-electron chi connectivity index (χ3n) is 3.14. The Morgan fingerprint density at radius 3 is 2.42 bits per heavy atom.